The molecule has 0 saturated carbocycles. The number of ether oxygens (including phenoxy) is 4. The first-order valence-corrected chi connectivity index (χ1v) is 7.92. The normalized spacial score (nSPS) is 34.0. The second kappa shape index (κ2) is 10.5. The van der Waals surface area contributed by atoms with Crippen molar-refractivity contribution in [1.29, 1.82) is 0 Å². The Hall–Kier alpha value is -0.320. The van der Waals surface area contributed by atoms with E-state index < -0.39 is 0 Å². The minimum Gasteiger partial charge on any atom is -0.365 e. The van der Waals surface area contributed by atoms with Gasteiger partial charge in [-0.25, -0.2) is 0 Å². The molecule has 1 fully saturated rings. The first kappa shape index (κ1) is 20.7. The Kier molecular flexibility index (Phi) is 9.48. The lowest BCUT2D eigenvalue weighted by molar-refractivity contribution is -0.122. The van der Waals surface area contributed by atoms with Crippen LogP contribution in [0.4, 0.5) is 0 Å². The molecule has 0 aliphatic carbocycles. The first-order valence-electron chi connectivity index (χ1n) is 7.92. The quantitative estimate of drug-likeness (QED) is 0.723. The molecule has 1 saturated heterocycles. The van der Waals surface area contributed by atoms with E-state index in [1.807, 2.05) is 21.1 Å². The molecule has 1 aliphatic rings. The highest BCUT2D eigenvalue weighted by Gasteiger charge is 2.27. The molecular weight excluding hydrogens is 300 g/mol. The van der Waals surface area contributed by atoms with E-state index in [4.69, 9.17) is 18.9 Å². The van der Waals surface area contributed by atoms with Gasteiger partial charge >= 0.3 is 0 Å². The summed E-state index contributed by atoms with van der Waals surface area (Å²) >= 11 is 0. The van der Waals surface area contributed by atoms with Crippen molar-refractivity contribution < 1.29 is 18.9 Å². The minimum absolute atomic E-state index is 0.0404. The molecule has 8 nitrogen and oxygen atoms in total. The van der Waals surface area contributed by atoms with Gasteiger partial charge in [0.15, 0.2) is 0 Å². The first-order chi connectivity index (χ1) is 11.0. The summed E-state index contributed by atoms with van der Waals surface area (Å²) in [5.41, 5.74) is 0. The van der Waals surface area contributed by atoms with Gasteiger partial charge in [0, 0.05) is 54.6 Å². The number of nitrogens with one attached hydrogen (secondary N) is 1. The second-order valence-electron chi connectivity index (χ2n) is 6.02. The predicted octanol–water partition coefficient (Wildman–Crippen LogP) is -0.725. The molecule has 8 heteroatoms. The van der Waals surface area contributed by atoms with Crippen LogP contribution in [0.15, 0.2) is 0 Å². The van der Waals surface area contributed by atoms with Gasteiger partial charge in [0.25, 0.3) is 0 Å². The minimum atomic E-state index is -0.0911. The van der Waals surface area contributed by atoms with Crippen LogP contribution in [0, 0.1) is 0 Å². The molecule has 0 aromatic heterocycles. The summed E-state index contributed by atoms with van der Waals surface area (Å²) in [6.45, 7) is 2.83. The van der Waals surface area contributed by atoms with Gasteiger partial charge in [-0.2, -0.15) is 0 Å². The molecule has 0 radical (unpaired) electrons. The molecule has 1 N–H and O–H groups in total. The topological polar surface area (TPSA) is 58.7 Å². The standard InChI is InChI=1S/C15H34N4O4/c1-17-9-12(20-4)16-8-13(21-5)18(2)10-15(23-7)19(3)11-14(17)22-6/h12-16H,8-11H2,1-7H3. The van der Waals surface area contributed by atoms with E-state index in [9.17, 15) is 0 Å². The molecule has 0 aromatic rings. The Morgan fingerprint density at radius 3 is 1.52 bits per heavy atom. The lowest BCUT2D eigenvalue weighted by Gasteiger charge is -2.39. The average molecular weight is 334 g/mol. The van der Waals surface area contributed by atoms with Crippen molar-refractivity contribution in [3.8, 4) is 0 Å². The number of hydrogen-bond acceptors (Lipinski definition) is 8. The largest absolute Gasteiger partial charge is 0.365 e. The van der Waals surface area contributed by atoms with Crippen molar-refractivity contribution in [3.05, 3.63) is 0 Å². The summed E-state index contributed by atoms with van der Waals surface area (Å²) in [5.74, 6) is 0. The molecule has 4 atom stereocenters. The Bertz CT molecular complexity index is 324. The van der Waals surface area contributed by atoms with E-state index in [2.05, 4.69) is 20.0 Å². The van der Waals surface area contributed by atoms with E-state index in [1.165, 1.54) is 0 Å². The van der Waals surface area contributed by atoms with Crippen molar-refractivity contribution in [3.63, 3.8) is 0 Å². The zero-order valence-electron chi connectivity index (χ0n) is 15.6. The highest BCUT2D eigenvalue weighted by molar-refractivity contribution is 4.75. The molecule has 1 heterocycles. The fraction of sp³-hybridized carbons (Fsp3) is 1.00. The fourth-order valence-corrected chi connectivity index (χ4v) is 2.77. The second-order valence-corrected chi connectivity index (χ2v) is 6.02. The number of nitrogens with zero attached hydrogens (tertiary/aromatic N) is 3. The van der Waals surface area contributed by atoms with Crippen molar-refractivity contribution in [2.75, 3.05) is 75.8 Å². The molecule has 0 aromatic carbocycles. The van der Waals surface area contributed by atoms with E-state index in [1.54, 1.807) is 28.4 Å². The van der Waals surface area contributed by atoms with Crippen LogP contribution in [0.25, 0.3) is 0 Å². The lowest BCUT2D eigenvalue weighted by Crippen LogP contribution is -2.56. The molecule has 0 spiro atoms. The summed E-state index contributed by atoms with van der Waals surface area (Å²) in [6.07, 6.45) is -0.227. The van der Waals surface area contributed by atoms with E-state index >= 15 is 0 Å². The van der Waals surface area contributed by atoms with Gasteiger partial charge in [-0.3, -0.25) is 20.0 Å². The smallest absolute Gasteiger partial charge is 0.123 e. The van der Waals surface area contributed by atoms with Gasteiger partial charge in [0.1, 0.15) is 24.9 Å². The molecule has 23 heavy (non-hydrogen) atoms. The summed E-state index contributed by atoms with van der Waals surface area (Å²) < 4.78 is 22.4. The molecule has 1 rings (SSSR count). The maximum atomic E-state index is 5.65. The van der Waals surface area contributed by atoms with Crippen molar-refractivity contribution in [2.24, 2.45) is 0 Å². The number of likely N-dealkylation sites (N-methyl/N-ethyl adjacent to an activating group) is 3. The lowest BCUT2D eigenvalue weighted by atomic mass is 10.3. The molecule has 1 aliphatic heterocycles. The highest BCUT2D eigenvalue weighted by Crippen LogP contribution is 2.10. The predicted molar refractivity (Wildman–Crippen MR) is 89.1 cm³/mol. The SMILES string of the molecule is COC1CN(C)C(OC)CN(C)C(OC)CN(C)C(OC)CN1. The Morgan fingerprint density at radius 2 is 1.09 bits per heavy atom. The number of methoxy groups -OCH3 is 4. The maximum absolute atomic E-state index is 5.65. The van der Waals surface area contributed by atoms with Gasteiger partial charge in [-0.05, 0) is 21.1 Å². The average Bonchev–Trinajstić information content (AvgIpc) is 2.55. The highest BCUT2D eigenvalue weighted by atomic mass is 16.5. The van der Waals surface area contributed by atoms with Crippen molar-refractivity contribution >= 4 is 0 Å². The third-order valence-electron chi connectivity index (χ3n) is 4.44. The van der Waals surface area contributed by atoms with Crippen LogP contribution in [0.1, 0.15) is 0 Å². The van der Waals surface area contributed by atoms with E-state index in [0.717, 1.165) is 13.1 Å². The van der Waals surface area contributed by atoms with Gasteiger partial charge in [0.2, 0.25) is 0 Å². The molecule has 0 amide bonds. The van der Waals surface area contributed by atoms with Crippen LogP contribution < -0.4 is 5.32 Å². The third-order valence-corrected chi connectivity index (χ3v) is 4.44. The maximum Gasteiger partial charge on any atom is 0.123 e. The molecule has 138 valence electrons. The molecule has 0 bridgehead atoms. The fourth-order valence-electron chi connectivity index (χ4n) is 2.77. The summed E-state index contributed by atoms with van der Waals surface area (Å²) in [5, 5.41) is 3.40. The zero-order valence-corrected chi connectivity index (χ0v) is 15.6. The number of rotatable bonds is 4. The monoisotopic (exact) mass is 334 g/mol. The van der Waals surface area contributed by atoms with Gasteiger partial charge < -0.3 is 18.9 Å². The Labute approximate surface area is 140 Å². The van der Waals surface area contributed by atoms with Gasteiger partial charge in [0.05, 0.1) is 0 Å². The van der Waals surface area contributed by atoms with Crippen LogP contribution in [-0.4, -0.2) is 115 Å². The molecule has 4 unspecified atom stereocenters. The Balaban J connectivity index is 2.92. The van der Waals surface area contributed by atoms with E-state index in [0.29, 0.717) is 13.1 Å². The summed E-state index contributed by atoms with van der Waals surface area (Å²) in [4.78, 5) is 6.43. The Morgan fingerprint density at radius 1 is 0.652 bits per heavy atom. The summed E-state index contributed by atoms with van der Waals surface area (Å²) in [7, 11) is 13.0. The van der Waals surface area contributed by atoms with E-state index in [-0.39, 0.29) is 24.9 Å². The van der Waals surface area contributed by atoms with Gasteiger partial charge in [-0.15, -0.1) is 0 Å². The summed E-state index contributed by atoms with van der Waals surface area (Å²) in [6, 6.07) is 0. The third kappa shape index (κ3) is 6.24. The van der Waals surface area contributed by atoms with Crippen molar-refractivity contribution in [2.45, 2.75) is 24.9 Å². The zero-order chi connectivity index (χ0) is 17.4. The van der Waals surface area contributed by atoms with Gasteiger partial charge in [-0.1, -0.05) is 0 Å². The van der Waals surface area contributed by atoms with Crippen LogP contribution >= 0.6 is 0 Å². The van der Waals surface area contributed by atoms with Crippen LogP contribution in [0.3, 0.4) is 0 Å². The number of hydrogen-bond donors (Lipinski definition) is 1. The van der Waals surface area contributed by atoms with Crippen LogP contribution in [-0.2, 0) is 18.9 Å². The van der Waals surface area contributed by atoms with Crippen LogP contribution in [0.2, 0.25) is 0 Å². The van der Waals surface area contributed by atoms with Crippen LogP contribution in [0.5, 0.6) is 0 Å². The molecular formula is C15H34N4O4. The van der Waals surface area contributed by atoms with Crippen molar-refractivity contribution in [1.82, 2.24) is 20.0 Å².